The summed E-state index contributed by atoms with van der Waals surface area (Å²) < 4.78 is 15.2. The fourth-order valence-electron chi connectivity index (χ4n) is 1.54. The van der Waals surface area contributed by atoms with Gasteiger partial charge in [-0.25, -0.2) is 0 Å². The summed E-state index contributed by atoms with van der Waals surface area (Å²) in [5.74, 6) is 0.887. The number of carbonyl (C=O) groups excluding carboxylic acids is 1. The Morgan fingerprint density at radius 2 is 2.05 bits per heavy atom. The Morgan fingerprint density at radius 3 is 2.70 bits per heavy atom. The van der Waals surface area contributed by atoms with Crippen LogP contribution in [-0.4, -0.2) is 50.6 Å². The highest BCUT2D eigenvalue weighted by Crippen LogP contribution is 2.18. The number of amides is 1. The van der Waals surface area contributed by atoms with E-state index in [1.165, 1.54) is 7.11 Å². The van der Waals surface area contributed by atoms with E-state index in [1.807, 2.05) is 0 Å². The highest BCUT2D eigenvalue weighted by Gasteiger charge is 2.20. The van der Waals surface area contributed by atoms with Crippen molar-refractivity contribution in [3.05, 3.63) is 24.3 Å². The summed E-state index contributed by atoms with van der Waals surface area (Å²) in [5, 5.41) is 12.4. The molecule has 1 unspecified atom stereocenters. The summed E-state index contributed by atoms with van der Waals surface area (Å²) in [5.41, 5.74) is -1.10. The van der Waals surface area contributed by atoms with Crippen molar-refractivity contribution in [1.29, 1.82) is 0 Å². The summed E-state index contributed by atoms with van der Waals surface area (Å²) in [4.78, 5) is 11.6. The molecule has 0 radical (unpaired) electrons. The molecule has 0 aromatic heterocycles. The van der Waals surface area contributed by atoms with Crippen molar-refractivity contribution in [2.24, 2.45) is 0 Å². The predicted molar refractivity (Wildman–Crippen MR) is 74.0 cm³/mol. The second kappa shape index (κ2) is 7.72. The van der Waals surface area contributed by atoms with Crippen LogP contribution < -0.4 is 14.8 Å². The first-order valence-electron chi connectivity index (χ1n) is 6.22. The third kappa shape index (κ3) is 5.90. The Balaban J connectivity index is 2.36. The molecule has 2 N–H and O–H groups in total. The first-order valence-corrected chi connectivity index (χ1v) is 6.22. The number of hydrogen-bond acceptors (Lipinski definition) is 5. The van der Waals surface area contributed by atoms with Crippen molar-refractivity contribution in [3.63, 3.8) is 0 Å². The smallest absolute Gasteiger partial charge is 0.258 e. The Hall–Kier alpha value is -1.79. The highest BCUT2D eigenvalue weighted by atomic mass is 16.5. The third-order valence-corrected chi connectivity index (χ3v) is 2.53. The lowest BCUT2D eigenvalue weighted by molar-refractivity contribution is -0.124. The van der Waals surface area contributed by atoms with Gasteiger partial charge >= 0.3 is 0 Å². The van der Waals surface area contributed by atoms with Crippen molar-refractivity contribution >= 4 is 5.91 Å². The molecule has 20 heavy (non-hydrogen) atoms. The summed E-state index contributed by atoms with van der Waals surface area (Å²) >= 11 is 0. The number of rotatable bonds is 8. The van der Waals surface area contributed by atoms with E-state index in [1.54, 1.807) is 38.3 Å². The van der Waals surface area contributed by atoms with Gasteiger partial charge in [-0.1, -0.05) is 6.07 Å². The summed E-state index contributed by atoms with van der Waals surface area (Å²) in [6.07, 6.45) is 0. The number of aliphatic hydroxyl groups is 1. The van der Waals surface area contributed by atoms with Gasteiger partial charge in [-0.3, -0.25) is 4.79 Å². The molecule has 0 aliphatic carbocycles. The van der Waals surface area contributed by atoms with E-state index in [4.69, 9.17) is 14.2 Å². The number of ether oxygens (including phenoxy) is 3. The second-order valence-corrected chi connectivity index (χ2v) is 4.67. The number of benzene rings is 1. The molecule has 6 heteroatoms. The van der Waals surface area contributed by atoms with Crippen LogP contribution >= 0.6 is 0 Å². The third-order valence-electron chi connectivity index (χ3n) is 2.53. The minimum atomic E-state index is -1.10. The van der Waals surface area contributed by atoms with Crippen molar-refractivity contribution in [2.45, 2.75) is 12.5 Å². The first kappa shape index (κ1) is 16.3. The fraction of sp³-hybridized carbons (Fsp3) is 0.500. The Kier molecular flexibility index (Phi) is 6.27. The van der Waals surface area contributed by atoms with Crippen molar-refractivity contribution in [1.82, 2.24) is 5.32 Å². The molecule has 0 bridgehead atoms. The highest BCUT2D eigenvalue weighted by molar-refractivity contribution is 5.77. The van der Waals surface area contributed by atoms with Crippen molar-refractivity contribution < 1.29 is 24.1 Å². The quantitative estimate of drug-likeness (QED) is 0.730. The van der Waals surface area contributed by atoms with Gasteiger partial charge in [0, 0.05) is 19.7 Å². The zero-order valence-electron chi connectivity index (χ0n) is 12.0. The lowest BCUT2D eigenvalue weighted by atomic mass is 10.1. The molecule has 1 aromatic rings. The van der Waals surface area contributed by atoms with E-state index in [-0.39, 0.29) is 25.7 Å². The van der Waals surface area contributed by atoms with Crippen LogP contribution in [0.1, 0.15) is 6.92 Å². The van der Waals surface area contributed by atoms with Crippen LogP contribution in [0.15, 0.2) is 24.3 Å². The van der Waals surface area contributed by atoms with Gasteiger partial charge in [0.2, 0.25) is 0 Å². The number of nitrogens with one attached hydrogen (secondary N) is 1. The van der Waals surface area contributed by atoms with E-state index in [9.17, 15) is 9.90 Å². The molecule has 1 rings (SSSR count). The zero-order valence-corrected chi connectivity index (χ0v) is 12.0. The summed E-state index contributed by atoms with van der Waals surface area (Å²) in [7, 11) is 3.05. The molecule has 0 aliphatic rings. The molecule has 0 heterocycles. The van der Waals surface area contributed by atoms with Gasteiger partial charge in [-0.2, -0.15) is 0 Å². The molecular formula is C14H21NO5. The van der Waals surface area contributed by atoms with Gasteiger partial charge in [0.25, 0.3) is 5.91 Å². The normalized spacial score (nSPS) is 13.4. The summed E-state index contributed by atoms with van der Waals surface area (Å²) in [6.45, 7) is 1.70. The van der Waals surface area contributed by atoms with Gasteiger partial charge in [0.15, 0.2) is 6.61 Å². The maximum absolute atomic E-state index is 11.6. The number of hydrogen-bond donors (Lipinski definition) is 2. The molecule has 1 aromatic carbocycles. The van der Waals surface area contributed by atoms with Gasteiger partial charge in [-0.15, -0.1) is 0 Å². The summed E-state index contributed by atoms with van der Waals surface area (Å²) in [6, 6.07) is 6.98. The van der Waals surface area contributed by atoms with Gasteiger partial charge in [0.05, 0.1) is 13.7 Å². The van der Waals surface area contributed by atoms with E-state index in [0.717, 1.165) is 0 Å². The van der Waals surface area contributed by atoms with Crippen molar-refractivity contribution in [2.75, 3.05) is 34.0 Å². The number of methoxy groups -OCH3 is 2. The SMILES string of the molecule is COCC(C)(O)CNC(=O)COc1cccc(OC)c1. The maximum Gasteiger partial charge on any atom is 0.258 e. The fourth-order valence-corrected chi connectivity index (χ4v) is 1.54. The monoisotopic (exact) mass is 283 g/mol. The number of carbonyl (C=O) groups is 1. The molecule has 6 nitrogen and oxygen atoms in total. The first-order chi connectivity index (χ1) is 9.46. The Labute approximate surface area is 118 Å². The molecule has 0 fully saturated rings. The van der Waals surface area contributed by atoms with E-state index in [2.05, 4.69) is 5.32 Å². The average molecular weight is 283 g/mol. The van der Waals surface area contributed by atoms with Gasteiger partial charge in [-0.05, 0) is 19.1 Å². The van der Waals surface area contributed by atoms with E-state index in [0.29, 0.717) is 11.5 Å². The molecule has 1 amide bonds. The van der Waals surface area contributed by atoms with Crippen LogP contribution in [0.5, 0.6) is 11.5 Å². The predicted octanol–water partition coefficient (Wildman–Crippen LogP) is 0.588. The van der Waals surface area contributed by atoms with Crippen molar-refractivity contribution in [3.8, 4) is 11.5 Å². The van der Waals surface area contributed by atoms with Gasteiger partial charge in [0.1, 0.15) is 17.1 Å². The standard InChI is InChI=1S/C14H21NO5/c1-14(17,10-18-2)9-15-13(16)8-20-12-6-4-5-11(7-12)19-3/h4-7,17H,8-10H2,1-3H3,(H,15,16). The minimum absolute atomic E-state index is 0.0984. The molecule has 1 atom stereocenters. The Morgan fingerprint density at radius 1 is 1.35 bits per heavy atom. The average Bonchev–Trinajstić information content (AvgIpc) is 2.43. The second-order valence-electron chi connectivity index (χ2n) is 4.67. The van der Waals surface area contributed by atoms with Crippen LogP contribution in [0, 0.1) is 0 Å². The molecule has 0 saturated carbocycles. The topological polar surface area (TPSA) is 77.0 Å². The van der Waals surface area contributed by atoms with Crippen LogP contribution in [0.25, 0.3) is 0 Å². The van der Waals surface area contributed by atoms with E-state index >= 15 is 0 Å². The Bertz CT molecular complexity index is 433. The van der Waals surface area contributed by atoms with Crippen LogP contribution in [0.3, 0.4) is 0 Å². The maximum atomic E-state index is 11.6. The van der Waals surface area contributed by atoms with Crippen LogP contribution in [0.4, 0.5) is 0 Å². The molecule has 112 valence electrons. The van der Waals surface area contributed by atoms with E-state index < -0.39 is 5.60 Å². The minimum Gasteiger partial charge on any atom is -0.497 e. The lowest BCUT2D eigenvalue weighted by Crippen LogP contribution is -2.45. The van der Waals surface area contributed by atoms with Crippen LogP contribution in [-0.2, 0) is 9.53 Å². The molecule has 0 saturated heterocycles. The molecule has 0 spiro atoms. The zero-order chi connectivity index (χ0) is 15.0. The molecular weight excluding hydrogens is 262 g/mol. The van der Waals surface area contributed by atoms with Crippen LogP contribution in [0.2, 0.25) is 0 Å². The van der Waals surface area contributed by atoms with Gasteiger partial charge < -0.3 is 24.6 Å². The largest absolute Gasteiger partial charge is 0.497 e. The molecule has 0 aliphatic heterocycles. The lowest BCUT2D eigenvalue weighted by Gasteiger charge is -2.22.